The van der Waals surface area contributed by atoms with Gasteiger partial charge in [-0.05, 0) is 43.9 Å². The maximum Gasteiger partial charge on any atom is 0.242 e. The second kappa shape index (κ2) is 6.42. The highest BCUT2D eigenvalue weighted by Gasteiger charge is 2.30. The van der Waals surface area contributed by atoms with Gasteiger partial charge in [0.05, 0.1) is 5.02 Å². The average Bonchev–Trinajstić information content (AvgIpc) is 2.39. The SMILES string of the molecule is Cc1cc(Cl)c(C)c(S(=O)(=O)NC2CCCCC2N)c1Cl. The van der Waals surface area contributed by atoms with E-state index < -0.39 is 10.0 Å². The van der Waals surface area contributed by atoms with Gasteiger partial charge in [-0.15, -0.1) is 0 Å². The van der Waals surface area contributed by atoms with Crippen LogP contribution in [0, 0.1) is 13.8 Å². The fourth-order valence-electron chi connectivity index (χ4n) is 2.70. The van der Waals surface area contributed by atoms with E-state index in [1.165, 1.54) is 0 Å². The van der Waals surface area contributed by atoms with Gasteiger partial charge in [0.1, 0.15) is 4.90 Å². The third-order valence-electron chi connectivity index (χ3n) is 3.98. The van der Waals surface area contributed by atoms with Crippen molar-refractivity contribution in [3.8, 4) is 0 Å². The molecule has 2 atom stereocenters. The summed E-state index contributed by atoms with van der Waals surface area (Å²) in [4.78, 5) is 0.0620. The van der Waals surface area contributed by atoms with Gasteiger partial charge in [-0.25, -0.2) is 13.1 Å². The molecule has 2 unspecified atom stereocenters. The zero-order valence-electron chi connectivity index (χ0n) is 12.1. The van der Waals surface area contributed by atoms with Crippen LogP contribution in [0.3, 0.4) is 0 Å². The summed E-state index contributed by atoms with van der Waals surface area (Å²) in [5.74, 6) is 0. The number of halogens is 2. The topological polar surface area (TPSA) is 72.2 Å². The molecule has 1 saturated carbocycles. The molecule has 2 rings (SSSR count). The van der Waals surface area contributed by atoms with E-state index >= 15 is 0 Å². The van der Waals surface area contributed by atoms with E-state index in [1.807, 2.05) is 0 Å². The lowest BCUT2D eigenvalue weighted by molar-refractivity contribution is 0.361. The van der Waals surface area contributed by atoms with Crippen molar-refractivity contribution in [2.24, 2.45) is 5.73 Å². The average molecular weight is 351 g/mol. The Morgan fingerprint density at radius 2 is 1.86 bits per heavy atom. The maximum atomic E-state index is 12.7. The van der Waals surface area contributed by atoms with Crippen molar-refractivity contribution in [3.05, 3.63) is 27.2 Å². The summed E-state index contributed by atoms with van der Waals surface area (Å²) >= 11 is 12.3. The Labute approximate surface area is 136 Å². The molecule has 1 aromatic rings. The number of aryl methyl sites for hydroxylation is 1. The van der Waals surface area contributed by atoms with Gasteiger partial charge >= 0.3 is 0 Å². The first kappa shape index (κ1) is 17.0. The van der Waals surface area contributed by atoms with E-state index in [-0.39, 0.29) is 22.0 Å². The van der Waals surface area contributed by atoms with Crippen molar-refractivity contribution in [3.63, 3.8) is 0 Å². The van der Waals surface area contributed by atoms with Crippen molar-refractivity contribution in [1.82, 2.24) is 4.72 Å². The number of hydrogen-bond acceptors (Lipinski definition) is 3. The summed E-state index contributed by atoms with van der Waals surface area (Å²) in [7, 11) is -3.75. The number of benzene rings is 1. The van der Waals surface area contributed by atoms with Gasteiger partial charge in [-0.2, -0.15) is 0 Å². The summed E-state index contributed by atoms with van der Waals surface area (Å²) in [6, 6.07) is 1.26. The molecule has 0 radical (unpaired) electrons. The third-order valence-corrected chi connectivity index (χ3v) is 6.63. The van der Waals surface area contributed by atoms with E-state index in [2.05, 4.69) is 4.72 Å². The molecule has 0 bridgehead atoms. The molecule has 1 aromatic carbocycles. The van der Waals surface area contributed by atoms with Gasteiger partial charge in [0.25, 0.3) is 0 Å². The zero-order chi connectivity index (χ0) is 15.8. The predicted molar refractivity (Wildman–Crippen MR) is 86.5 cm³/mol. The minimum Gasteiger partial charge on any atom is -0.326 e. The normalized spacial score (nSPS) is 23.3. The molecule has 0 saturated heterocycles. The van der Waals surface area contributed by atoms with Crippen LogP contribution in [0.1, 0.15) is 36.8 Å². The van der Waals surface area contributed by atoms with Crippen molar-refractivity contribution in [1.29, 1.82) is 0 Å². The standard InChI is InChI=1S/C14H20Cl2N2O2S/c1-8-7-10(15)9(2)14(13(8)16)21(19,20)18-12-6-4-3-5-11(12)17/h7,11-12,18H,3-6,17H2,1-2H3. The van der Waals surface area contributed by atoms with E-state index in [1.54, 1.807) is 19.9 Å². The fourth-order valence-corrected chi connectivity index (χ4v) is 5.23. The largest absolute Gasteiger partial charge is 0.326 e. The predicted octanol–water partition coefficient (Wildman–Crippen LogP) is 3.16. The zero-order valence-corrected chi connectivity index (χ0v) is 14.4. The molecule has 4 nitrogen and oxygen atoms in total. The van der Waals surface area contributed by atoms with Gasteiger partial charge in [-0.1, -0.05) is 36.0 Å². The van der Waals surface area contributed by atoms with Crippen LogP contribution >= 0.6 is 23.2 Å². The molecule has 1 aliphatic carbocycles. The Hall–Kier alpha value is -0.330. The van der Waals surface area contributed by atoms with Gasteiger partial charge in [-0.3, -0.25) is 0 Å². The molecule has 118 valence electrons. The van der Waals surface area contributed by atoms with E-state index in [4.69, 9.17) is 28.9 Å². The molecular formula is C14H20Cl2N2O2S. The summed E-state index contributed by atoms with van der Waals surface area (Å²) in [5.41, 5.74) is 7.12. The van der Waals surface area contributed by atoms with Crippen LogP contribution in [0.2, 0.25) is 10.0 Å². The Bertz CT molecular complexity index is 621. The Balaban J connectivity index is 2.40. The quantitative estimate of drug-likeness (QED) is 0.879. The first-order chi connectivity index (χ1) is 9.74. The summed E-state index contributed by atoms with van der Waals surface area (Å²) in [5, 5.41) is 0.610. The monoisotopic (exact) mass is 350 g/mol. The Kier molecular flexibility index (Phi) is 5.21. The van der Waals surface area contributed by atoms with Gasteiger partial charge in [0, 0.05) is 17.1 Å². The lowest BCUT2D eigenvalue weighted by Gasteiger charge is -2.29. The van der Waals surface area contributed by atoms with Gasteiger partial charge in [0.2, 0.25) is 10.0 Å². The number of sulfonamides is 1. The third kappa shape index (κ3) is 3.54. The second-order valence-corrected chi connectivity index (χ2v) is 8.06. The maximum absolute atomic E-state index is 12.7. The van der Waals surface area contributed by atoms with Crippen molar-refractivity contribution >= 4 is 33.2 Å². The van der Waals surface area contributed by atoms with E-state index in [0.717, 1.165) is 25.7 Å². The number of hydrogen-bond donors (Lipinski definition) is 2. The molecular weight excluding hydrogens is 331 g/mol. The molecule has 0 spiro atoms. The summed E-state index contributed by atoms with van der Waals surface area (Å²) < 4.78 is 28.1. The van der Waals surface area contributed by atoms with Crippen molar-refractivity contribution in [2.75, 3.05) is 0 Å². The minimum atomic E-state index is -3.75. The Morgan fingerprint density at radius 3 is 2.48 bits per heavy atom. The summed E-state index contributed by atoms with van der Waals surface area (Å²) in [6.07, 6.45) is 3.59. The molecule has 1 aliphatic rings. The number of nitrogens with two attached hydrogens (primary N) is 1. The van der Waals surface area contributed by atoms with Crippen LogP contribution in [0.25, 0.3) is 0 Å². The van der Waals surface area contributed by atoms with Crippen LogP contribution in [0.4, 0.5) is 0 Å². The molecule has 3 N–H and O–H groups in total. The highest BCUT2D eigenvalue weighted by atomic mass is 35.5. The van der Waals surface area contributed by atoms with Crippen LogP contribution in [0.15, 0.2) is 11.0 Å². The fraction of sp³-hybridized carbons (Fsp3) is 0.571. The highest BCUT2D eigenvalue weighted by Crippen LogP contribution is 2.33. The van der Waals surface area contributed by atoms with Gasteiger partial charge in [0.15, 0.2) is 0 Å². The van der Waals surface area contributed by atoms with Crippen LogP contribution in [-0.4, -0.2) is 20.5 Å². The highest BCUT2D eigenvalue weighted by molar-refractivity contribution is 7.89. The van der Waals surface area contributed by atoms with Gasteiger partial charge < -0.3 is 5.73 Å². The van der Waals surface area contributed by atoms with E-state index in [9.17, 15) is 8.42 Å². The second-order valence-electron chi connectivity index (χ2n) is 5.62. The lowest BCUT2D eigenvalue weighted by Crippen LogP contribution is -2.49. The smallest absolute Gasteiger partial charge is 0.242 e. The van der Waals surface area contributed by atoms with Crippen molar-refractivity contribution < 1.29 is 8.42 Å². The Morgan fingerprint density at radius 1 is 1.24 bits per heavy atom. The lowest BCUT2D eigenvalue weighted by atomic mass is 9.92. The van der Waals surface area contributed by atoms with Crippen molar-refractivity contribution in [2.45, 2.75) is 56.5 Å². The molecule has 0 aliphatic heterocycles. The molecule has 7 heteroatoms. The first-order valence-corrected chi connectivity index (χ1v) is 9.21. The molecule has 0 amide bonds. The first-order valence-electron chi connectivity index (χ1n) is 6.97. The van der Waals surface area contributed by atoms with Crippen LogP contribution in [-0.2, 0) is 10.0 Å². The van der Waals surface area contributed by atoms with E-state index in [0.29, 0.717) is 16.1 Å². The molecule has 21 heavy (non-hydrogen) atoms. The summed E-state index contributed by atoms with van der Waals surface area (Å²) in [6.45, 7) is 3.39. The van der Waals surface area contributed by atoms with Crippen LogP contribution < -0.4 is 10.5 Å². The van der Waals surface area contributed by atoms with Crippen LogP contribution in [0.5, 0.6) is 0 Å². The minimum absolute atomic E-state index is 0.0620. The number of nitrogens with one attached hydrogen (secondary N) is 1. The molecule has 0 heterocycles. The molecule has 0 aromatic heterocycles. The molecule has 1 fully saturated rings. The number of rotatable bonds is 3.